The van der Waals surface area contributed by atoms with Crippen molar-refractivity contribution in [3.63, 3.8) is 0 Å². The van der Waals surface area contributed by atoms with Crippen molar-refractivity contribution in [1.29, 1.82) is 0 Å². The summed E-state index contributed by atoms with van der Waals surface area (Å²) in [4.78, 5) is 29.8. The first kappa shape index (κ1) is 18.9. The van der Waals surface area contributed by atoms with Gasteiger partial charge in [0.25, 0.3) is 5.91 Å². The lowest BCUT2D eigenvalue weighted by molar-refractivity contribution is 0.0740. The zero-order valence-electron chi connectivity index (χ0n) is 16.4. The van der Waals surface area contributed by atoms with Gasteiger partial charge in [-0.2, -0.15) is 0 Å². The summed E-state index contributed by atoms with van der Waals surface area (Å²) in [5, 5.41) is 3.35. The summed E-state index contributed by atoms with van der Waals surface area (Å²) >= 11 is 0. The Balaban J connectivity index is 1.39. The Hall–Kier alpha value is -3.48. The highest BCUT2D eigenvalue weighted by molar-refractivity contribution is 5.93. The predicted molar refractivity (Wildman–Crippen MR) is 113 cm³/mol. The second-order valence-electron chi connectivity index (χ2n) is 7.03. The van der Waals surface area contributed by atoms with Crippen molar-refractivity contribution in [1.82, 2.24) is 19.9 Å². The van der Waals surface area contributed by atoms with Crippen LogP contribution in [0.15, 0.2) is 67.1 Å². The van der Waals surface area contributed by atoms with E-state index in [4.69, 9.17) is 0 Å². The maximum atomic E-state index is 12.9. The first-order valence-electron chi connectivity index (χ1n) is 9.79. The van der Waals surface area contributed by atoms with Crippen molar-refractivity contribution in [2.24, 2.45) is 0 Å². The number of amides is 1. The van der Waals surface area contributed by atoms with Gasteiger partial charge in [-0.05, 0) is 24.6 Å². The molecular formula is C22H24N6O. The Morgan fingerprint density at radius 2 is 1.72 bits per heavy atom. The van der Waals surface area contributed by atoms with Crippen LogP contribution in [0.5, 0.6) is 0 Å². The van der Waals surface area contributed by atoms with Crippen molar-refractivity contribution >= 4 is 17.5 Å². The summed E-state index contributed by atoms with van der Waals surface area (Å²) in [5.74, 6) is 1.53. The van der Waals surface area contributed by atoms with E-state index in [-0.39, 0.29) is 11.9 Å². The lowest BCUT2D eigenvalue weighted by Crippen LogP contribution is -2.49. The SMILES string of the molecule is CC(Nc1cc(C(=O)N2CCN(c3ccccn3)CC2)ncn1)c1ccccc1. The lowest BCUT2D eigenvalue weighted by atomic mass is 10.1. The Morgan fingerprint density at radius 1 is 0.966 bits per heavy atom. The van der Waals surface area contributed by atoms with Gasteiger partial charge in [-0.1, -0.05) is 36.4 Å². The van der Waals surface area contributed by atoms with Gasteiger partial charge >= 0.3 is 0 Å². The van der Waals surface area contributed by atoms with Crippen LogP contribution in [0.1, 0.15) is 29.0 Å². The summed E-state index contributed by atoms with van der Waals surface area (Å²) in [6, 6.07) is 17.8. The number of benzene rings is 1. The van der Waals surface area contributed by atoms with Crippen LogP contribution in [0.3, 0.4) is 0 Å². The van der Waals surface area contributed by atoms with Crippen LogP contribution >= 0.6 is 0 Å². The summed E-state index contributed by atoms with van der Waals surface area (Å²) in [6.45, 7) is 4.86. The van der Waals surface area contributed by atoms with Crippen LogP contribution in [0.4, 0.5) is 11.6 Å². The number of anilines is 2. The third-order valence-corrected chi connectivity index (χ3v) is 5.09. The number of nitrogens with zero attached hydrogens (tertiary/aromatic N) is 5. The number of rotatable bonds is 5. The molecule has 0 spiro atoms. The number of piperazine rings is 1. The molecule has 0 radical (unpaired) electrons. The van der Waals surface area contributed by atoms with Gasteiger partial charge in [-0.15, -0.1) is 0 Å². The first-order chi connectivity index (χ1) is 14.2. The molecule has 1 amide bonds. The van der Waals surface area contributed by atoms with Gasteiger partial charge in [0.2, 0.25) is 0 Å². The third kappa shape index (κ3) is 4.51. The van der Waals surface area contributed by atoms with Crippen LogP contribution in [-0.4, -0.2) is 51.9 Å². The molecule has 1 aliphatic heterocycles. The molecule has 1 aromatic carbocycles. The van der Waals surface area contributed by atoms with E-state index in [1.165, 1.54) is 6.33 Å². The Kier molecular flexibility index (Phi) is 5.65. The molecule has 1 N–H and O–H groups in total. The Morgan fingerprint density at radius 3 is 2.45 bits per heavy atom. The van der Waals surface area contributed by atoms with Crippen LogP contribution in [0, 0.1) is 0 Å². The maximum absolute atomic E-state index is 12.9. The highest BCUT2D eigenvalue weighted by atomic mass is 16.2. The Labute approximate surface area is 170 Å². The van der Waals surface area contributed by atoms with Crippen LogP contribution in [-0.2, 0) is 0 Å². The fraction of sp³-hybridized carbons (Fsp3) is 0.273. The second-order valence-corrected chi connectivity index (χ2v) is 7.03. The second kappa shape index (κ2) is 8.68. The number of hydrogen-bond acceptors (Lipinski definition) is 6. The minimum atomic E-state index is -0.0662. The molecule has 4 rings (SSSR count). The van der Waals surface area contributed by atoms with E-state index in [2.05, 4.69) is 44.2 Å². The average Bonchev–Trinajstić information content (AvgIpc) is 2.80. The molecule has 7 heteroatoms. The van der Waals surface area contributed by atoms with Crippen LogP contribution < -0.4 is 10.2 Å². The lowest BCUT2D eigenvalue weighted by Gasteiger charge is -2.35. The molecule has 3 aromatic rings. The number of nitrogens with one attached hydrogen (secondary N) is 1. The van der Waals surface area contributed by atoms with E-state index >= 15 is 0 Å². The van der Waals surface area contributed by atoms with E-state index in [1.54, 1.807) is 12.3 Å². The predicted octanol–water partition coefficient (Wildman–Crippen LogP) is 3.01. The van der Waals surface area contributed by atoms with Crippen molar-refractivity contribution in [2.45, 2.75) is 13.0 Å². The first-order valence-corrected chi connectivity index (χ1v) is 9.79. The standard InChI is InChI=1S/C22H24N6O/c1-17(18-7-3-2-4-8-18)26-20-15-19(24-16-25-20)22(29)28-13-11-27(12-14-28)21-9-5-6-10-23-21/h2-10,15-17H,11-14H2,1H3,(H,24,25,26). The van der Waals surface area contributed by atoms with E-state index in [9.17, 15) is 4.79 Å². The highest BCUT2D eigenvalue weighted by Gasteiger charge is 2.24. The van der Waals surface area contributed by atoms with Gasteiger partial charge in [0.05, 0.1) is 0 Å². The fourth-order valence-electron chi connectivity index (χ4n) is 3.44. The smallest absolute Gasteiger partial charge is 0.272 e. The molecule has 29 heavy (non-hydrogen) atoms. The van der Waals surface area contributed by atoms with Gasteiger partial charge in [-0.25, -0.2) is 15.0 Å². The molecule has 148 valence electrons. The van der Waals surface area contributed by atoms with Gasteiger partial charge in [0.1, 0.15) is 23.7 Å². The molecule has 1 aliphatic rings. The molecule has 2 aromatic heterocycles. The fourth-order valence-corrected chi connectivity index (χ4v) is 3.44. The number of carbonyl (C=O) groups is 1. The third-order valence-electron chi connectivity index (χ3n) is 5.09. The summed E-state index contributed by atoms with van der Waals surface area (Å²) < 4.78 is 0. The number of carbonyl (C=O) groups excluding carboxylic acids is 1. The van der Waals surface area contributed by atoms with E-state index in [1.807, 2.05) is 41.3 Å². The molecule has 0 aliphatic carbocycles. The molecule has 1 fully saturated rings. The molecule has 1 saturated heterocycles. The summed E-state index contributed by atoms with van der Waals surface area (Å²) in [7, 11) is 0. The maximum Gasteiger partial charge on any atom is 0.272 e. The number of pyridine rings is 1. The van der Waals surface area contributed by atoms with Gasteiger partial charge in [0.15, 0.2) is 0 Å². The van der Waals surface area contributed by atoms with Crippen molar-refractivity contribution in [2.75, 3.05) is 36.4 Å². The van der Waals surface area contributed by atoms with Crippen LogP contribution in [0.2, 0.25) is 0 Å². The van der Waals surface area contributed by atoms with Gasteiger partial charge in [0, 0.05) is 44.5 Å². The van der Waals surface area contributed by atoms with E-state index in [0.29, 0.717) is 24.6 Å². The summed E-state index contributed by atoms with van der Waals surface area (Å²) in [6.07, 6.45) is 3.23. The zero-order chi connectivity index (χ0) is 20.1. The largest absolute Gasteiger partial charge is 0.363 e. The van der Waals surface area contributed by atoms with Gasteiger partial charge in [-0.3, -0.25) is 4.79 Å². The minimum absolute atomic E-state index is 0.0662. The van der Waals surface area contributed by atoms with Crippen molar-refractivity contribution in [3.8, 4) is 0 Å². The monoisotopic (exact) mass is 388 g/mol. The normalized spacial score (nSPS) is 15.1. The Bertz CT molecular complexity index is 942. The molecule has 7 nitrogen and oxygen atoms in total. The highest BCUT2D eigenvalue weighted by Crippen LogP contribution is 2.19. The topological polar surface area (TPSA) is 74.2 Å². The van der Waals surface area contributed by atoms with Crippen LogP contribution in [0.25, 0.3) is 0 Å². The quantitative estimate of drug-likeness (QED) is 0.724. The summed E-state index contributed by atoms with van der Waals surface area (Å²) in [5.41, 5.74) is 1.57. The zero-order valence-corrected chi connectivity index (χ0v) is 16.4. The number of aromatic nitrogens is 3. The van der Waals surface area contributed by atoms with E-state index in [0.717, 1.165) is 24.5 Å². The molecular weight excluding hydrogens is 364 g/mol. The molecule has 0 saturated carbocycles. The number of hydrogen-bond donors (Lipinski definition) is 1. The van der Waals surface area contributed by atoms with Crippen molar-refractivity contribution in [3.05, 3.63) is 78.4 Å². The molecule has 1 unspecified atom stereocenters. The van der Waals surface area contributed by atoms with E-state index < -0.39 is 0 Å². The molecule has 1 atom stereocenters. The van der Waals surface area contributed by atoms with Gasteiger partial charge < -0.3 is 15.1 Å². The minimum Gasteiger partial charge on any atom is -0.363 e. The molecule has 3 heterocycles. The average molecular weight is 388 g/mol. The molecule has 0 bridgehead atoms. The van der Waals surface area contributed by atoms with Crippen molar-refractivity contribution < 1.29 is 4.79 Å².